The van der Waals surface area contributed by atoms with Gasteiger partial charge in [-0.25, -0.2) is 0 Å². The average molecular weight is 273 g/mol. The van der Waals surface area contributed by atoms with Crippen molar-refractivity contribution < 1.29 is 4.74 Å². The fraction of sp³-hybridized carbons (Fsp3) is 0.556. The third kappa shape index (κ3) is 5.01. The minimum absolute atomic E-state index is 0.402. The molecule has 2 rings (SSSR count). The molecule has 1 N–H and O–H groups in total. The number of hydrogen-bond acceptors (Lipinski definition) is 2. The van der Waals surface area contributed by atoms with Crippen molar-refractivity contribution in [3.63, 3.8) is 0 Å². The highest BCUT2D eigenvalue weighted by Gasteiger charge is 2.16. The highest BCUT2D eigenvalue weighted by Crippen LogP contribution is 2.18. The lowest BCUT2D eigenvalue weighted by Gasteiger charge is -2.25. The zero-order valence-corrected chi connectivity index (χ0v) is 12.6. The third-order valence-electron chi connectivity index (χ3n) is 3.75. The summed E-state index contributed by atoms with van der Waals surface area (Å²) >= 11 is 0. The molecule has 0 saturated carbocycles. The van der Waals surface area contributed by atoms with Crippen LogP contribution in [0, 0.1) is 0 Å². The van der Waals surface area contributed by atoms with Gasteiger partial charge in [-0.2, -0.15) is 0 Å². The summed E-state index contributed by atoms with van der Waals surface area (Å²) in [6, 6.07) is 11.1. The number of benzene rings is 1. The van der Waals surface area contributed by atoms with Crippen LogP contribution in [0.2, 0.25) is 0 Å². The van der Waals surface area contributed by atoms with Gasteiger partial charge in [-0.15, -0.1) is 0 Å². The largest absolute Gasteiger partial charge is 0.497 e. The zero-order valence-electron chi connectivity index (χ0n) is 12.6. The van der Waals surface area contributed by atoms with Gasteiger partial charge < -0.3 is 10.1 Å². The molecule has 110 valence electrons. The second-order valence-corrected chi connectivity index (χ2v) is 5.48. The normalized spacial score (nSPS) is 16.4. The molecular weight excluding hydrogens is 246 g/mol. The molecule has 0 bridgehead atoms. The van der Waals surface area contributed by atoms with Crippen LogP contribution in [0.3, 0.4) is 0 Å². The Labute approximate surface area is 123 Å². The number of rotatable bonds is 8. The maximum absolute atomic E-state index is 5.84. The Morgan fingerprint density at radius 2 is 2.10 bits per heavy atom. The van der Waals surface area contributed by atoms with Crippen molar-refractivity contribution in [3.05, 3.63) is 47.7 Å². The van der Waals surface area contributed by atoms with Gasteiger partial charge in [0.1, 0.15) is 5.76 Å². The maximum Gasteiger partial charge on any atom is 0.109 e. The van der Waals surface area contributed by atoms with E-state index in [1.807, 2.05) is 0 Å². The Morgan fingerprint density at radius 3 is 2.80 bits per heavy atom. The molecule has 2 nitrogen and oxygen atoms in total. The monoisotopic (exact) mass is 273 g/mol. The molecule has 0 radical (unpaired) electrons. The minimum Gasteiger partial charge on any atom is -0.497 e. The van der Waals surface area contributed by atoms with E-state index in [2.05, 4.69) is 48.6 Å². The molecule has 1 aliphatic rings. The first-order valence-corrected chi connectivity index (χ1v) is 8.00. The van der Waals surface area contributed by atoms with E-state index in [4.69, 9.17) is 4.74 Å². The van der Waals surface area contributed by atoms with Crippen LogP contribution < -0.4 is 5.32 Å². The maximum atomic E-state index is 5.84. The van der Waals surface area contributed by atoms with Crippen molar-refractivity contribution in [2.45, 2.75) is 51.5 Å². The van der Waals surface area contributed by atoms with E-state index in [1.165, 1.54) is 30.6 Å². The summed E-state index contributed by atoms with van der Waals surface area (Å²) in [6.07, 6.45) is 9.28. The summed E-state index contributed by atoms with van der Waals surface area (Å²) in [4.78, 5) is 0. The molecule has 0 aromatic heterocycles. The van der Waals surface area contributed by atoms with Crippen LogP contribution >= 0.6 is 0 Å². The minimum atomic E-state index is 0.402. The summed E-state index contributed by atoms with van der Waals surface area (Å²) in [6.45, 7) is 4.16. The van der Waals surface area contributed by atoms with Crippen molar-refractivity contribution in [1.82, 2.24) is 5.32 Å². The van der Waals surface area contributed by atoms with Gasteiger partial charge in [0.25, 0.3) is 0 Å². The Kier molecular flexibility index (Phi) is 6.65. The van der Waals surface area contributed by atoms with Crippen molar-refractivity contribution in [2.75, 3.05) is 13.2 Å². The quantitative estimate of drug-likeness (QED) is 0.771. The first-order chi connectivity index (χ1) is 9.90. The Morgan fingerprint density at radius 1 is 1.25 bits per heavy atom. The number of aryl methyl sites for hydroxylation is 1. The molecular formula is C18H27NO. The second kappa shape index (κ2) is 8.80. The lowest BCUT2D eigenvalue weighted by atomic mass is 10.0. The molecule has 2 heteroatoms. The highest BCUT2D eigenvalue weighted by atomic mass is 16.5. The highest BCUT2D eigenvalue weighted by molar-refractivity contribution is 5.15. The van der Waals surface area contributed by atoms with Gasteiger partial charge in [-0.1, -0.05) is 37.3 Å². The van der Waals surface area contributed by atoms with Crippen LogP contribution in [-0.2, 0) is 11.2 Å². The van der Waals surface area contributed by atoms with Gasteiger partial charge in [-0.3, -0.25) is 0 Å². The Balaban J connectivity index is 1.82. The molecule has 20 heavy (non-hydrogen) atoms. The van der Waals surface area contributed by atoms with E-state index in [1.54, 1.807) is 0 Å². The fourth-order valence-corrected chi connectivity index (χ4v) is 2.64. The molecule has 0 amide bonds. The molecule has 1 unspecified atom stereocenters. The lowest BCUT2D eigenvalue weighted by molar-refractivity contribution is 0.164. The van der Waals surface area contributed by atoms with Crippen LogP contribution in [0.5, 0.6) is 0 Å². The van der Waals surface area contributed by atoms with Gasteiger partial charge >= 0.3 is 0 Å². The predicted octanol–water partition coefficient (Wildman–Crippen LogP) is 4.07. The smallest absolute Gasteiger partial charge is 0.109 e. The standard InChI is InChI=1S/C18H27NO/c1-2-14-19-17(18-13-6-7-15-20-18)12-8-11-16-9-4-3-5-10-16/h3-5,9-10,13,17,19H,2,6-8,11-12,14-15H2,1H3. The Hall–Kier alpha value is -1.28. The molecule has 1 atom stereocenters. The van der Waals surface area contributed by atoms with E-state index in [0.29, 0.717) is 6.04 Å². The van der Waals surface area contributed by atoms with Gasteiger partial charge in [0.2, 0.25) is 0 Å². The Bertz CT molecular complexity index is 399. The van der Waals surface area contributed by atoms with Crippen LogP contribution in [-0.4, -0.2) is 19.2 Å². The molecule has 0 fully saturated rings. The summed E-state index contributed by atoms with van der Waals surface area (Å²) in [5, 5.41) is 3.63. The van der Waals surface area contributed by atoms with E-state index < -0.39 is 0 Å². The molecule has 1 heterocycles. The summed E-state index contributed by atoms with van der Waals surface area (Å²) in [7, 11) is 0. The lowest BCUT2D eigenvalue weighted by Crippen LogP contribution is -2.33. The second-order valence-electron chi connectivity index (χ2n) is 5.48. The van der Waals surface area contributed by atoms with Crippen LogP contribution in [0.4, 0.5) is 0 Å². The van der Waals surface area contributed by atoms with E-state index >= 15 is 0 Å². The molecule has 1 aromatic carbocycles. The van der Waals surface area contributed by atoms with Crippen LogP contribution in [0.25, 0.3) is 0 Å². The summed E-state index contributed by atoms with van der Waals surface area (Å²) in [5.41, 5.74) is 1.43. The van der Waals surface area contributed by atoms with Gasteiger partial charge in [0.15, 0.2) is 0 Å². The van der Waals surface area contributed by atoms with Gasteiger partial charge in [0.05, 0.1) is 12.6 Å². The summed E-state index contributed by atoms with van der Waals surface area (Å²) < 4.78 is 5.84. The number of allylic oxidation sites excluding steroid dienone is 1. The predicted molar refractivity (Wildman–Crippen MR) is 84.7 cm³/mol. The van der Waals surface area contributed by atoms with Crippen LogP contribution in [0.15, 0.2) is 42.2 Å². The number of hydrogen-bond donors (Lipinski definition) is 1. The van der Waals surface area contributed by atoms with Crippen molar-refractivity contribution in [2.24, 2.45) is 0 Å². The summed E-state index contributed by atoms with van der Waals surface area (Å²) in [5.74, 6) is 1.18. The topological polar surface area (TPSA) is 21.3 Å². The van der Waals surface area contributed by atoms with E-state index in [9.17, 15) is 0 Å². The molecule has 1 aliphatic heterocycles. The number of nitrogens with one attached hydrogen (secondary N) is 1. The zero-order chi connectivity index (χ0) is 14.0. The van der Waals surface area contributed by atoms with Crippen molar-refractivity contribution >= 4 is 0 Å². The molecule has 0 saturated heterocycles. The fourth-order valence-electron chi connectivity index (χ4n) is 2.64. The van der Waals surface area contributed by atoms with E-state index in [-0.39, 0.29) is 0 Å². The number of ether oxygens (including phenoxy) is 1. The van der Waals surface area contributed by atoms with Gasteiger partial charge in [0, 0.05) is 0 Å². The molecule has 1 aromatic rings. The molecule has 0 spiro atoms. The van der Waals surface area contributed by atoms with Crippen molar-refractivity contribution in [1.29, 1.82) is 0 Å². The molecule has 0 aliphatic carbocycles. The van der Waals surface area contributed by atoms with Crippen LogP contribution in [0.1, 0.15) is 44.6 Å². The van der Waals surface area contributed by atoms with E-state index in [0.717, 1.165) is 32.4 Å². The first kappa shape index (κ1) is 15.1. The average Bonchev–Trinajstić information content (AvgIpc) is 2.52. The third-order valence-corrected chi connectivity index (χ3v) is 3.75. The first-order valence-electron chi connectivity index (χ1n) is 8.00. The van der Waals surface area contributed by atoms with Gasteiger partial charge in [-0.05, 0) is 56.7 Å². The van der Waals surface area contributed by atoms with Crippen molar-refractivity contribution in [3.8, 4) is 0 Å². The SMILES string of the molecule is CCCNC(CCCc1ccccc1)C1=CCCCO1.